The highest BCUT2D eigenvalue weighted by Crippen LogP contribution is 2.32. The molecule has 0 aliphatic carbocycles. The molecule has 1 unspecified atom stereocenters. The Labute approximate surface area is 157 Å². The molecule has 0 aromatic carbocycles. The Kier molecular flexibility index (Phi) is 4.68. The normalized spacial score (nSPS) is 18.1. The van der Waals surface area contributed by atoms with Crippen LogP contribution < -0.4 is 0 Å². The Morgan fingerprint density at radius 2 is 2.23 bits per heavy atom. The van der Waals surface area contributed by atoms with Gasteiger partial charge < -0.3 is 13.9 Å². The summed E-state index contributed by atoms with van der Waals surface area (Å²) in [6, 6.07) is 6.10. The van der Waals surface area contributed by atoms with Crippen molar-refractivity contribution in [2.75, 3.05) is 6.54 Å². The molecular weight excluding hydrogens is 346 g/mol. The van der Waals surface area contributed by atoms with Crippen molar-refractivity contribution in [3.05, 3.63) is 52.3 Å². The van der Waals surface area contributed by atoms with E-state index in [1.807, 2.05) is 42.6 Å². The zero-order valence-electron chi connectivity index (χ0n) is 15.1. The lowest BCUT2D eigenvalue weighted by Gasteiger charge is -2.30. The number of aromatic nitrogens is 2. The number of furan rings is 1. The smallest absolute Gasteiger partial charge is 0.257 e. The quantitative estimate of drug-likeness (QED) is 0.666. The first-order valence-corrected chi connectivity index (χ1v) is 9.94. The van der Waals surface area contributed by atoms with Gasteiger partial charge in [-0.3, -0.25) is 4.79 Å². The van der Waals surface area contributed by atoms with E-state index in [-0.39, 0.29) is 11.9 Å². The lowest BCUT2D eigenvalue weighted by atomic mass is 10.1. The molecule has 4 heterocycles. The van der Waals surface area contributed by atoms with Gasteiger partial charge in [-0.15, -0.1) is 11.3 Å². The lowest BCUT2D eigenvalue weighted by molar-refractivity contribution is 0.0674. The summed E-state index contributed by atoms with van der Waals surface area (Å²) in [5.41, 5.74) is 2.59. The second-order valence-electron chi connectivity index (χ2n) is 6.86. The van der Waals surface area contributed by atoms with Gasteiger partial charge in [-0.1, -0.05) is 12.8 Å². The van der Waals surface area contributed by atoms with Crippen LogP contribution in [0.25, 0.3) is 11.5 Å². The summed E-state index contributed by atoms with van der Waals surface area (Å²) < 4.78 is 7.77. The fourth-order valence-electron chi connectivity index (χ4n) is 3.70. The molecule has 1 amide bonds. The first kappa shape index (κ1) is 17.1. The second kappa shape index (κ2) is 7.11. The van der Waals surface area contributed by atoms with Crippen molar-refractivity contribution >= 4 is 17.2 Å². The number of likely N-dealkylation sites (tertiary alicyclic amines) is 1. The standard InChI is InChI=1S/C20H23N3O2S/c1-14-21-16(13-26-14)19-11-15(12-25-19)20(24)23-10-5-3-4-7-18(23)17-8-6-9-22(17)2/h6,8-9,11-13,18H,3-5,7,10H2,1-2H3. The van der Waals surface area contributed by atoms with E-state index in [1.54, 1.807) is 17.6 Å². The van der Waals surface area contributed by atoms with Gasteiger partial charge in [0, 0.05) is 30.9 Å². The predicted octanol–water partition coefficient (Wildman–Crippen LogP) is 4.81. The molecular formula is C20H23N3O2S. The zero-order chi connectivity index (χ0) is 18.1. The molecule has 3 aromatic heterocycles. The van der Waals surface area contributed by atoms with Crippen molar-refractivity contribution in [1.82, 2.24) is 14.5 Å². The van der Waals surface area contributed by atoms with Crippen molar-refractivity contribution < 1.29 is 9.21 Å². The number of nitrogens with zero attached hydrogens (tertiary/aromatic N) is 3. The van der Waals surface area contributed by atoms with Crippen LogP contribution in [0.5, 0.6) is 0 Å². The summed E-state index contributed by atoms with van der Waals surface area (Å²) in [7, 11) is 2.05. The molecule has 1 aliphatic heterocycles. The highest BCUT2D eigenvalue weighted by molar-refractivity contribution is 7.09. The molecule has 0 bridgehead atoms. The van der Waals surface area contributed by atoms with Crippen LogP contribution in [0.3, 0.4) is 0 Å². The Hall–Kier alpha value is -2.34. The number of aryl methyl sites for hydroxylation is 2. The predicted molar refractivity (Wildman–Crippen MR) is 102 cm³/mol. The van der Waals surface area contributed by atoms with Crippen molar-refractivity contribution in [3.8, 4) is 11.5 Å². The average molecular weight is 369 g/mol. The first-order chi connectivity index (χ1) is 12.6. The molecule has 1 atom stereocenters. The van der Waals surface area contributed by atoms with E-state index >= 15 is 0 Å². The summed E-state index contributed by atoms with van der Waals surface area (Å²) in [6.45, 7) is 2.75. The van der Waals surface area contributed by atoms with Crippen LogP contribution in [0.1, 0.15) is 52.8 Å². The molecule has 1 saturated heterocycles. The van der Waals surface area contributed by atoms with Crippen LogP contribution in [0.2, 0.25) is 0 Å². The van der Waals surface area contributed by atoms with Crippen molar-refractivity contribution in [2.45, 2.75) is 38.6 Å². The first-order valence-electron chi connectivity index (χ1n) is 9.07. The van der Waals surface area contributed by atoms with Gasteiger partial charge in [-0.2, -0.15) is 0 Å². The van der Waals surface area contributed by atoms with Gasteiger partial charge in [0.1, 0.15) is 12.0 Å². The van der Waals surface area contributed by atoms with E-state index in [4.69, 9.17) is 4.42 Å². The largest absolute Gasteiger partial charge is 0.462 e. The molecule has 4 rings (SSSR count). The van der Waals surface area contributed by atoms with E-state index in [0.717, 1.165) is 36.5 Å². The topological polar surface area (TPSA) is 51.3 Å². The van der Waals surface area contributed by atoms with Gasteiger partial charge in [0.2, 0.25) is 0 Å². The third-order valence-corrected chi connectivity index (χ3v) is 5.83. The molecule has 136 valence electrons. The maximum Gasteiger partial charge on any atom is 0.257 e. The minimum Gasteiger partial charge on any atom is -0.462 e. The molecule has 5 nitrogen and oxygen atoms in total. The molecule has 0 saturated carbocycles. The highest BCUT2D eigenvalue weighted by Gasteiger charge is 2.30. The Bertz CT molecular complexity index is 908. The van der Waals surface area contributed by atoms with Gasteiger partial charge in [-0.05, 0) is 38.0 Å². The number of thiazole rings is 1. The number of hydrogen-bond donors (Lipinski definition) is 0. The SMILES string of the molecule is Cc1nc(-c2cc(C(=O)N3CCCCCC3c3cccn3C)co2)cs1. The van der Waals surface area contributed by atoms with E-state index in [9.17, 15) is 4.79 Å². The minimum absolute atomic E-state index is 0.0417. The van der Waals surface area contributed by atoms with Crippen molar-refractivity contribution in [2.24, 2.45) is 7.05 Å². The minimum atomic E-state index is 0.0417. The summed E-state index contributed by atoms with van der Waals surface area (Å²) in [5, 5.41) is 2.95. The van der Waals surface area contributed by atoms with Crippen LogP contribution in [-0.4, -0.2) is 26.9 Å². The van der Waals surface area contributed by atoms with Gasteiger partial charge in [0.05, 0.1) is 16.6 Å². The molecule has 0 spiro atoms. The number of carbonyl (C=O) groups excluding carboxylic acids is 1. The van der Waals surface area contributed by atoms with Gasteiger partial charge in [-0.25, -0.2) is 4.98 Å². The monoisotopic (exact) mass is 369 g/mol. The molecule has 0 N–H and O–H groups in total. The maximum absolute atomic E-state index is 13.3. The highest BCUT2D eigenvalue weighted by atomic mass is 32.1. The molecule has 0 radical (unpaired) electrons. The molecule has 6 heteroatoms. The molecule has 1 aliphatic rings. The molecule has 3 aromatic rings. The number of rotatable bonds is 3. The number of amides is 1. The van der Waals surface area contributed by atoms with Crippen molar-refractivity contribution in [1.29, 1.82) is 0 Å². The van der Waals surface area contributed by atoms with Gasteiger partial charge in [0.15, 0.2) is 5.76 Å². The summed E-state index contributed by atoms with van der Waals surface area (Å²) in [4.78, 5) is 19.7. The van der Waals surface area contributed by atoms with E-state index in [2.05, 4.69) is 15.6 Å². The van der Waals surface area contributed by atoms with Crippen LogP contribution in [-0.2, 0) is 7.05 Å². The van der Waals surface area contributed by atoms with E-state index in [1.165, 1.54) is 12.1 Å². The van der Waals surface area contributed by atoms with Crippen LogP contribution in [0.4, 0.5) is 0 Å². The third kappa shape index (κ3) is 3.21. The van der Waals surface area contributed by atoms with Crippen LogP contribution in [0, 0.1) is 6.92 Å². The Balaban J connectivity index is 1.62. The summed E-state index contributed by atoms with van der Waals surface area (Å²) >= 11 is 1.58. The van der Waals surface area contributed by atoms with E-state index in [0.29, 0.717) is 11.3 Å². The number of carbonyl (C=O) groups is 1. The summed E-state index contributed by atoms with van der Waals surface area (Å²) in [6.07, 6.45) is 7.97. The van der Waals surface area contributed by atoms with Gasteiger partial charge >= 0.3 is 0 Å². The van der Waals surface area contributed by atoms with Crippen LogP contribution in [0.15, 0.2) is 40.5 Å². The lowest BCUT2D eigenvalue weighted by Crippen LogP contribution is -2.35. The fraction of sp³-hybridized carbons (Fsp3) is 0.400. The van der Waals surface area contributed by atoms with Crippen molar-refractivity contribution in [3.63, 3.8) is 0 Å². The van der Waals surface area contributed by atoms with E-state index < -0.39 is 0 Å². The molecule has 1 fully saturated rings. The number of hydrogen-bond acceptors (Lipinski definition) is 4. The third-order valence-electron chi connectivity index (χ3n) is 5.06. The molecule has 26 heavy (non-hydrogen) atoms. The van der Waals surface area contributed by atoms with Crippen LogP contribution >= 0.6 is 11.3 Å². The Morgan fingerprint density at radius 3 is 2.96 bits per heavy atom. The maximum atomic E-state index is 13.3. The summed E-state index contributed by atoms with van der Waals surface area (Å²) in [5.74, 6) is 0.697. The fourth-order valence-corrected chi connectivity index (χ4v) is 4.31. The van der Waals surface area contributed by atoms with Gasteiger partial charge in [0.25, 0.3) is 5.91 Å². The Morgan fingerprint density at radius 1 is 1.35 bits per heavy atom. The second-order valence-corrected chi connectivity index (χ2v) is 7.92. The average Bonchev–Trinajstić information content (AvgIpc) is 3.33. The zero-order valence-corrected chi connectivity index (χ0v) is 16.0.